The molecule has 1 aromatic heterocycles. The van der Waals surface area contributed by atoms with E-state index in [0.717, 1.165) is 34.7 Å². The van der Waals surface area contributed by atoms with E-state index >= 15 is 0 Å². The average molecular weight is 540 g/mol. The number of amides is 1. The minimum absolute atomic E-state index is 0.0122. The number of nitrogens with zero attached hydrogens (tertiary/aromatic N) is 2. The van der Waals surface area contributed by atoms with Gasteiger partial charge in [-0.05, 0) is 68.8 Å². The van der Waals surface area contributed by atoms with Gasteiger partial charge in [0.25, 0.3) is 0 Å². The second-order valence-corrected chi connectivity index (χ2v) is 12.5. The Balaban J connectivity index is 1.66. The summed E-state index contributed by atoms with van der Waals surface area (Å²) in [7, 11) is 0. The van der Waals surface area contributed by atoms with Gasteiger partial charge in [-0.3, -0.25) is 14.5 Å². The van der Waals surface area contributed by atoms with Crippen LogP contribution < -0.4 is 5.32 Å². The molecule has 3 atom stereocenters. The lowest BCUT2D eigenvalue weighted by atomic mass is 9.91. The lowest BCUT2D eigenvalue weighted by molar-refractivity contribution is -0.129. The summed E-state index contributed by atoms with van der Waals surface area (Å²) in [5.74, 6) is 0.106. The van der Waals surface area contributed by atoms with Crippen molar-refractivity contribution in [2.75, 3.05) is 19.6 Å². The molecule has 1 saturated heterocycles. The Kier molecular flexibility index (Phi) is 11.2. The van der Waals surface area contributed by atoms with Crippen LogP contribution in [0.15, 0.2) is 30.4 Å². The molecule has 1 amide bonds. The number of hydrogen-bond donors (Lipinski definition) is 1. The Morgan fingerprint density at radius 1 is 1.16 bits per heavy atom. The predicted octanol–water partition coefficient (Wildman–Crippen LogP) is 6.09. The largest absolute Gasteiger partial charge is 0.353 e. The van der Waals surface area contributed by atoms with Gasteiger partial charge in [0.1, 0.15) is 5.78 Å². The highest BCUT2D eigenvalue weighted by Crippen LogP contribution is 2.28. The van der Waals surface area contributed by atoms with Crippen molar-refractivity contribution >= 4 is 39.0 Å². The molecular weight excluding hydrogens is 494 g/mol. The summed E-state index contributed by atoms with van der Waals surface area (Å²) < 4.78 is 1.11. The molecule has 3 rings (SSSR count). The number of thiazole rings is 1. The highest BCUT2D eigenvalue weighted by molar-refractivity contribution is 7.18. The van der Waals surface area contributed by atoms with Crippen LogP contribution in [0.1, 0.15) is 89.6 Å². The molecule has 38 heavy (non-hydrogen) atoms. The number of carbonyl (C=O) groups is 3. The van der Waals surface area contributed by atoms with Crippen molar-refractivity contribution in [2.45, 2.75) is 91.5 Å². The standard InChI is InChI=1S/C31H45N3O3S/c1-7-21(4)26(12-13-28(36)22(5)19-34-14-8-9-15-34)33-31(37)25(16-23(6)35)18-30-32-27-11-10-24(20(2)3)17-29(27)38-30/h10-11,17,20-21,25-26H,5,7-9,12-16,18-19H2,1-4,6H3,(H,33,37)/t21-,25-,26+/m0/s1. The van der Waals surface area contributed by atoms with Gasteiger partial charge in [0.2, 0.25) is 5.91 Å². The van der Waals surface area contributed by atoms with E-state index in [1.807, 2.05) is 6.07 Å². The molecule has 1 aliphatic rings. The number of hydrogen-bond acceptors (Lipinski definition) is 6. The Labute approximate surface area is 232 Å². The van der Waals surface area contributed by atoms with E-state index in [4.69, 9.17) is 4.98 Å². The maximum absolute atomic E-state index is 13.5. The molecule has 208 valence electrons. The second-order valence-electron chi connectivity index (χ2n) is 11.3. The molecule has 1 aliphatic heterocycles. The van der Waals surface area contributed by atoms with Gasteiger partial charge < -0.3 is 10.1 Å². The number of rotatable bonds is 15. The van der Waals surface area contributed by atoms with Gasteiger partial charge in [-0.2, -0.15) is 0 Å². The normalized spacial score (nSPS) is 16.5. The van der Waals surface area contributed by atoms with Gasteiger partial charge in [-0.15, -0.1) is 11.3 Å². The van der Waals surface area contributed by atoms with Crippen molar-refractivity contribution in [3.05, 3.63) is 40.9 Å². The fraction of sp³-hybridized carbons (Fsp3) is 0.613. The van der Waals surface area contributed by atoms with E-state index in [0.29, 0.717) is 37.3 Å². The van der Waals surface area contributed by atoms with Gasteiger partial charge in [-0.25, -0.2) is 4.98 Å². The molecule has 2 aromatic rings. The minimum atomic E-state index is -0.481. The van der Waals surface area contributed by atoms with Gasteiger partial charge in [0.15, 0.2) is 5.78 Å². The summed E-state index contributed by atoms with van der Waals surface area (Å²) >= 11 is 1.60. The molecule has 0 unspecified atom stereocenters. The lowest BCUT2D eigenvalue weighted by Gasteiger charge is -2.27. The third kappa shape index (κ3) is 8.57. The first-order valence-electron chi connectivity index (χ1n) is 14.2. The summed E-state index contributed by atoms with van der Waals surface area (Å²) in [5, 5.41) is 4.08. The zero-order chi connectivity index (χ0) is 27.8. The molecule has 0 bridgehead atoms. The molecule has 0 aliphatic carbocycles. The molecule has 7 heteroatoms. The van der Waals surface area contributed by atoms with Crippen LogP contribution in [0.25, 0.3) is 10.2 Å². The smallest absolute Gasteiger partial charge is 0.224 e. The number of carbonyl (C=O) groups excluding carboxylic acids is 3. The molecular formula is C31H45N3O3S. The van der Waals surface area contributed by atoms with E-state index in [-0.39, 0.29) is 35.9 Å². The van der Waals surface area contributed by atoms with Crippen molar-refractivity contribution in [3.8, 4) is 0 Å². The predicted molar refractivity (Wildman–Crippen MR) is 157 cm³/mol. The second kappa shape index (κ2) is 14.1. The van der Waals surface area contributed by atoms with Crippen LogP contribution in [0, 0.1) is 11.8 Å². The zero-order valence-corrected chi connectivity index (χ0v) is 24.7. The average Bonchev–Trinajstić information content (AvgIpc) is 3.53. The molecule has 0 saturated carbocycles. The molecule has 1 aromatic carbocycles. The summed E-state index contributed by atoms with van der Waals surface area (Å²) in [5.41, 5.74) is 2.85. The quantitative estimate of drug-likeness (QED) is 0.277. The van der Waals surface area contributed by atoms with E-state index in [1.165, 1.54) is 25.3 Å². The lowest BCUT2D eigenvalue weighted by Crippen LogP contribution is -2.43. The first kappa shape index (κ1) is 30.2. The minimum Gasteiger partial charge on any atom is -0.353 e. The molecule has 6 nitrogen and oxygen atoms in total. The number of nitrogens with one attached hydrogen (secondary N) is 1. The third-order valence-corrected chi connectivity index (χ3v) is 8.84. The Morgan fingerprint density at radius 2 is 1.87 bits per heavy atom. The van der Waals surface area contributed by atoms with Crippen molar-refractivity contribution < 1.29 is 14.4 Å². The van der Waals surface area contributed by atoms with E-state index in [2.05, 4.69) is 56.6 Å². The monoisotopic (exact) mass is 539 g/mol. The maximum Gasteiger partial charge on any atom is 0.224 e. The van der Waals surface area contributed by atoms with Crippen LogP contribution in [0.4, 0.5) is 0 Å². The number of Topliss-reactive ketones (excluding diaryl/α,β-unsaturated/α-hetero) is 2. The van der Waals surface area contributed by atoms with Crippen LogP contribution in [0.5, 0.6) is 0 Å². The topological polar surface area (TPSA) is 79.4 Å². The van der Waals surface area contributed by atoms with E-state index < -0.39 is 5.92 Å². The summed E-state index contributed by atoms with van der Waals surface area (Å²) in [6, 6.07) is 6.19. The Hall–Kier alpha value is -2.38. The number of ketones is 2. The number of fused-ring (bicyclic) bond motifs is 1. The fourth-order valence-electron chi connectivity index (χ4n) is 5.10. The molecule has 0 radical (unpaired) electrons. The van der Waals surface area contributed by atoms with E-state index in [9.17, 15) is 14.4 Å². The molecule has 1 fully saturated rings. The third-order valence-electron chi connectivity index (χ3n) is 7.80. The number of aromatic nitrogens is 1. The number of benzene rings is 1. The van der Waals surface area contributed by atoms with Crippen LogP contribution in [-0.2, 0) is 20.8 Å². The van der Waals surface area contributed by atoms with Gasteiger partial charge >= 0.3 is 0 Å². The Morgan fingerprint density at radius 3 is 2.50 bits per heavy atom. The van der Waals surface area contributed by atoms with E-state index in [1.54, 1.807) is 11.3 Å². The zero-order valence-electron chi connectivity index (χ0n) is 23.8. The molecule has 2 heterocycles. The fourth-order valence-corrected chi connectivity index (χ4v) is 6.19. The highest BCUT2D eigenvalue weighted by atomic mass is 32.1. The van der Waals surface area contributed by atoms with Crippen LogP contribution >= 0.6 is 11.3 Å². The van der Waals surface area contributed by atoms with Crippen molar-refractivity contribution in [3.63, 3.8) is 0 Å². The SMILES string of the molecule is C=C(CN1CCCC1)C(=O)CC[C@@H](NC(=O)[C@@H](CC(C)=O)Cc1nc2ccc(C(C)C)cc2s1)[C@@H](C)CC. The van der Waals surface area contributed by atoms with Gasteiger partial charge in [0.05, 0.1) is 21.1 Å². The van der Waals surface area contributed by atoms with Gasteiger partial charge in [0, 0.05) is 37.4 Å². The first-order chi connectivity index (χ1) is 18.1. The van der Waals surface area contributed by atoms with Crippen molar-refractivity contribution in [1.82, 2.24) is 15.2 Å². The first-order valence-corrected chi connectivity index (χ1v) is 15.0. The Bertz CT molecular complexity index is 1130. The van der Waals surface area contributed by atoms with Crippen LogP contribution in [-0.4, -0.2) is 53.0 Å². The summed E-state index contributed by atoms with van der Waals surface area (Å²) in [6.45, 7) is 16.8. The molecule has 0 spiro atoms. The van der Waals surface area contributed by atoms with Crippen molar-refractivity contribution in [2.24, 2.45) is 11.8 Å². The number of likely N-dealkylation sites (tertiary alicyclic amines) is 1. The summed E-state index contributed by atoms with van der Waals surface area (Å²) in [6.07, 6.45) is 4.81. The maximum atomic E-state index is 13.5. The summed E-state index contributed by atoms with van der Waals surface area (Å²) in [4.78, 5) is 45.4. The van der Waals surface area contributed by atoms with Crippen molar-refractivity contribution in [1.29, 1.82) is 0 Å². The van der Waals surface area contributed by atoms with Crippen LogP contribution in [0.2, 0.25) is 0 Å². The van der Waals surface area contributed by atoms with Crippen LogP contribution in [0.3, 0.4) is 0 Å². The molecule has 1 N–H and O–H groups in total. The van der Waals surface area contributed by atoms with Gasteiger partial charge in [-0.1, -0.05) is 46.8 Å². The highest BCUT2D eigenvalue weighted by Gasteiger charge is 2.27.